The molecule has 0 amide bonds. The molecule has 1 aliphatic carbocycles. The first-order valence-electron chi connectivity index (χ1n) is 9.31. The largest absolute Gasteiger partial charge is 0.434 e. The van der Waals surface area contributed by atoms with E-state index in [-0.39, 0.29) is 24.2 Å². The Morgan fingerprint density at radius 1 is 1.24 bits per heavy atom. The van der Waals surface area contributed by atoms with Gasteiger partial charge in [-0.1, -0.05) is 13.8 Å². The molecule has 0 aromatic heterocycles. The van der Waals surface area contributed by atoms with E-state index in [1.807, 2.05) is 13.8 Å². The average Bonchev–Trinajstić information content (AvgIpc) is 2.78. The molecule has 0 aromatic carbocycles. The molecule has 5 aliphatic rings. The van der Waals surface area contributed by atoms with Crippen molar-refractivity contribution in [3.05, 3.63) is 0 Å². The Hall–Kier alpha value is -0.400. The summed E-state index contributed by atoms with van der Waals surface area (Å²) in [5.74, 6) is -0.606. The zero-order valence-electron chi connectivity index (χ0n) is 15.2. The van der Waals surface area contributed by atoms with Crippen LogP contribution in [0.2, 0.25) is 0 Å². The van der Waals surface area contributed by atoms with Crippen LogP contribution in [0.3, 0.4) is 0 Å². The standard InChI is InChI=1S/C18H27ClO6/c1-5-13(20)21-14-17(4,19)12-7-6-10(2)11-8-9-16(3)23-15(22-14)18(11,12)25-24-16/h10-12,14-15H,5-9H2,1-4H3/t10-,11?,12?,14?,15?,16+,17?,18?/m1/s1. The molecule has 4 saturated heterocycles. The van der Waals surface area contributed by atoms with Gasteiger partial charge in [0.15, 0.2) is 11.9 Å². The minimum Gasteiger partial charge on any atom is -0.434 e. The summed E-state index contributed by atoms with van der Waals surface area (Å²) in [6.07, 6.45) is 2.29. The SMILES string of the molecule is CCC(=O)OC1OC2O[C@]3(C)CCC4[C@H](C)CCC(C1(C)Cl)C24OO3. The quantitative estimate of drug-likeness (QED) is 0.418. The molecule has 0 N–H and O–H groups in total. The number of carbonyl (C=O) groups is 1. The van der Waals surface area contributed by atoms with Gasteiger partial charge in [-0.3, -0.25) is 4.79 Å². The molecular formula is C18H27ClO6. The van der Waals surface area contributed by atoms with E-state index >= 15 is 0 Å². The lowest BCUT2D eigenvalue weighted by Crippen LogP contribution is -2.74. The Bertz CT molecular complexity index is 568. The van der Waals surface area contributed by atoms with Crippen LogP contribution in [0, 0.1) is 17.8 Å². The molecule has 0 aromatic rings. The smallest absolute Gasteiger partial charge is 0.307 e. The van der Waals surface area contributed by atoms with Crippen molar-refractivity contribution >= 4 is 17.6 Å². The highest BCUT2D eigenvalue weighted by molar-refractivity contribution is 6.24. The number of carbonyl (C=O) groups excluding carboxylic acids is 1. The number of fused-ring (bicyclic) bond motifs is 2. The summed E-state index contributed by atoms with van der Waals surface area (Å²) in [6.45, 7) is 7.72. The van der Waals surface area contributed by atoms with E-state index in [1.165, 1.54) is 0 Å². The topological polar surface area (TPSA) is 63.2 Å². The molecule has 0 radical (unpaired) electrons. The summed E-state index contributed by atoms with van der Waals surface area (Å²) in [4.78, 5) is 22.7. The van der Waals surface area contributed by atoms with Gasteiger partial charge in [0.05, 0.1) is 0 Å². The van der Waals surface area contributed by atoms with E-state index in [2.05, 4.69) is 6.92 Å². The van der Waals surface area contributed by atoms with Gasteiger partial charge >= 0.3 is 5.97 Å². The molecule has 6 unspecified atom stereocenters. The Labute approximate surface area is 153 Å². The number of hydrogen-bond donors (Lipinski definition) is 0. The number of halogens is 1. The van der Waals surface area contributed by atoms with Crippen molar-refractivity contribution in [3.8, 4) is 0 Å². The van der Waals surface area contributed by atoms with Crippen LogP contribution >= 0.6 is 11.6 Å². The Kier molecular flexibility index (Phi) is 4.17. The second kappa shape index (κ2) is 5.80. The molecule has 4 aliphatic heterocycles. The molecule has 1 spiro atoms. The molecule has 7 heteroatoms. The fraction of sp³-hybridized carbons (Fsp3) is 0.944. The number of ether oxygens (including phenoxy) is 3. The average molecular weight is 375 g/mol. The minimum atomic E-state index is -0.912. The van der Waals surface area contributed by atoms with E-state index in [0.29, 0.717) is 5.92 Å². The molecular weight excluding hydrogens is 348 g/mol. The van der Waals surface area contributed by atoms with Gasteiger partial charge in [0.25, 0.3) is 0 Å². The van der Waals surface area contributed by atoms with Gasteiger partial charge < -0.3 is 14.2 Å². The zero-order valence-corrected chi connectivity index (χ0v) is 16.0. The lowest BCUT2D eigenvalue weighted by molar-refractivity contribution is -0.574. The van der Waals surface area contributed by atoms with Crippen LogP contribution in [-0.4, -0.2) is 34.8 Å². The highest BCUT2D eigenvalue weighted by Crippen LogP contribution is 2.62. The maximum Gasteiger partial charge on any atom is 0.307 e. The summed E-state index contributed by atoms with van der Waals surface area (Å²) < 4.78 is 17.9. The predicted octanol–water partition coefficient (Wildman–Crippen LogP) is 3.51. The lowest BCUT2D eigenvalue weighted by Gasteiger charge is -2.62. The summed E-state index contributed by atoms with van der Waals surface area (Å²) >= 11 is 6.95. The van der Waals surface area contributed by atoms with E-state index in [0.717, 1.165) is 25.7 Å². The maximum atomic E-state index is 11.9. The number of alkyl halides is 1. The number of esters is 1. The maximum absolute atomic E-state index is 11.9. The van der Waals surface area contributed by atoms with Crippen LogP contribution in [0.1, 0.15) is 59.8 Å². The molecule has 8 atom stereocenters. The van der Waals surface area contributed by atoms with Gasteiger partial charge in [0.2, 0.25) is 12.1 Å². The van der Waals surface area contributed by atoms with Crippen LogP contribution in [0.25, 0.3) is 0 Å². The second-order valence-electron chi connectivity index (χ2n) is 8.32. The summed E-state index contributed by atoms with van der Waals surface area (Å²) in [5, 5.41) is 0. The molecule has 5 rings (SSSR count). The van der Waals surface area contributed by atoms with Gasteiger partial charge in [0, 0.05) is 18.8 Å². The number of rotatable bonds is 2. The van der Waals surface area contributed by atoms with Crippen molar-refractivity contribution in [2.24, 2.45) is 17.8 Å². The lowest BCUT2D eigenvalue weighted by atomic mass is 9.58. The minimum absolute atomic E-state index is 0.0982. The van der Waals surface area contributed by atoms with Crippen molar-refractivity contribution < 1.29 is 28.8 Å². The zero-order chi connectivity index (χ0) is 18.0. The van der Waals surface area contributed by atoms with Gasteiger partial charge in [-0.05, 0) is 44.9 Å². The monoisotopic (exact) mass is 374 g/mol. The fourth-order valence-electron chi connectivity index (χ4n) is 5.20. The fourth-order valence-corrected chi connectivity index (χ4v) is 5.57. The molecule has 142 valence electrons. The first-order chi connectivity index (χ1) is 11.7. The van der Waals surface area contributed by atoms with E-state index in [4.69, 9.17) is 35.6 Å². The van der Waals surface area contributed by atoms with Crippen molar-refractivity contribution in [3.63, 3.8) is 0 Å². The van der Waals surface area contributed by atoms with E-state index in [9.17, 15) is 4.79 Å². The van der Waals surface area contributed by atoms with Crippen molar-refractivity contribution in [1.29, 1.82) is 0 Å². The molecule has 2 bridgehead atoms. The normalized spacial score (nSPS) is 54.5. The molecule has 5 fully saturated rings. The van der Waals surface area contributed by atoms with Crippen molar-refractivity contribution in [2.45, 2.75) is 88.6 Å². The first kappa shape index (κ1) is 18.0. The van der Waals surface area contributed by atoms with Gasteiger partial charge in [-0.2, -0.15) is 0 Å². The van der Waals surface area contributed by atoms with Crippen LogP contribution in [0.5, 0.6) is 0 Å². The summed E-state index contributed by atoms with van der Waals surface area (Å²) in [6, 6.07) is 0. The van der Waals surface area contributed by atoms with Gasteiger partial charge in [0.1, 0.15) is 4.87 Å². The van der Waals surface area contributed by atoms with Gasteiger partial charge in [-0.15, -0.1) is 11.6 Å². The first-order valence-corrected chi connectivity index (χ1v) is 9.69. The number of hydrogen-bond acceptors (Lipinski definition) is 6. The van der Waals surface area contributed by atoms with Gasteiger partial charge in [-0.25, -0.2) is 9.78 Å². The summed E-state index contributed by atoms with van der Waals surface area (Å²) in [5.41, 5.74) is -0.765. The van der Waals surface area contributed by atoms with Crippen LogP contribution in [-0.2, 0) is 28.8 Å². The third-order valence-corrected chi connectivity index (χ3v) is 7.08. The van der Waals surface area contributed by atoms with Crippen LogP contribution in [0.15, 0.2) is 0 Å². The van der Waals surface area contributed by atoms with Crippen LogP contribution < -0.4 is 0 Å². The summed E-state index contributed by atoms with van der Waals surface area (Å²) in [7, 11) is 0. The Morgan fingerprint density at radius 2 is 2.00 bits per heavy atom. The van der Waals surface area contributed by atoms with Crippen molar-refractivity contribution in [1.82, 2.24) is 0 Å². The van der Waals surface area contributed by atoms with E-state index < -0.39 is 28.8 Å². The van der Waals surface area contributed by atoms with Crippen molar-refractivity contribution in [2.75, 3.05) is 0 Å². The third-order valence-electron chi connectivity index (χ3n) is 6.63. The molecule has 4 heterocycles. The van der Waals surface area contributed by atoms with E-state index in [1.54, 1.807) is 6.92 Å². The van der Waals surface area contributed by atoms with Crippen LogP contribution in [0.4, 0.5) is 0 Å². The highest BCUT2D eigenvalue weighted by atomic mass is 35.5. The molecule has 6 nitrogen and oxygen atoms in total. The molecule has 1 saturated carbocycles. The predicted molar refractivity (Wildman–Crippen MR) is 88.3 cm³/mol. The third kappa shape index (κ3) is 2.48. The highest BCUT2D eigenvalue weighted by Gasteiger charge is 2.73. The Balaban J connectivity index is 1.76. The Morgan fingerprint density at radius 3 is 2.72 bits per heavy atom. The second-order valence-corrected chi connectivity index (χ2v) is 9.13. The molecule has 25 heavy (non-hydrogen) atoms.